The number of nitrogens with one attached hydrogen (secondary N) is 1. The third kappa shape index (κ3) is 5.99. The van der Waals surface area contributed by atoms with Crippen LogP contribution in [0.4, 0.5) is 5.69 Å². The lowest BCUT2D eigenvalue weighted by atomic mass is 10.1. The van der Waals surface area contributed by atoms with Gasteiger partial charge in [0.05, 0.1) is 7.11 Å². The molecule has 2 aromatic carbocycles. The number of hydrogen-bond acceptors (Lipinski definition) is 6. The summed E-state index contributed by atoms with van der Waals surface area (Å²) in [6.45, 7) is 2.37. The van der Waals surface area contributed by atoms with Crippen molar-refractivity contribution >= 4 is 34.9 Å². The maximum absolute atomic E-state index is 11.9. The molecule has 1 N–H and O–H groups in total. The van der Waals surface area contributed by atoms with Crippen molar-refractivity contribution in [2.24, 2.45) is 0 Å². The van der Waals surface area contributed by atoms with E-state index in [2.05, 4.69) is 5.32 Å². The lowest BCUT2D eigenvalue weighted by molar-refractivity contribution is -0.149. The van der Waals surface area contributed by atoms with E-state index in [1.165, 1.54) is 26.2 Å². The Morgan fingerprint density at radius 3 is 2.46 bits per heavy atom. The van der Waals surface area contributed by atoms with Crippen LogP contribution in [0.3, 0.4) is 0 Å². The number of hydrogen-bond donors (Lipinski definition) is 1. The number of rotatable bonds is 8. The predicted molar refractivity (Wildman–Crippen MR) is 104 cm³/mol. The van der Waals surface area contributed by atoms with Gasteiger partial charge >= 0.3 is 5.97 Å². The maximum atomic E-state index is 11.9. The minimum Gasteiger partial charge on any atom is -0.493 e. The molecule has 28 heavy (non-hydrogen) atoms. The highest BCUT2D eigenvalue weighted by atomic mass is 35.5. The number of ether oxygens (including phenoxy) is 3. The molecule has 0 aliphatic heterocycles. The summed E-state index contributed by atoms with van der Waals surface area (Å²) in [6.07, 6.45) is 0. The minimum atomic E-state index is -0.726. The van der Waals surface area contributed by atoms with Crippen LogP contribution in [0.1, 0.15) is 22.8 Å². The Bertz CT molecular complexity index is 896. The molecule has 2 aromatic rings. The van der Waals surface area contributed by atoms with Crippen LogP contribution in [0.2, 0.25) is 5.02 Å². The molecule has 1 amide bonds. The summed E-state index contributed by atoms with van der Waals surface area (Å²) >= 11 is 5.90. The summed E-state index contributed by atoms with van der Waals surface area (Å²) in [5.74, 6) is -0.749. The van der Waals surface area contributed by atoms with E-state index in [4.69, 9.17) is 25.8 Å². The van der Waals surface area contributed by atoms with Crippen molar-refractivity contribution in [2.45, 2.75) is 13.8 Å². The van der Waals surface area contributed by atoms with E-state index >= 15 is 0 Å². The fraction of sp³-hybridized carbons (Fsp3) is 0.250. The normalized spacial score (nSPS) is 10.1. The molecule has 0 aliphatic rings. The summed E-state index contributed by atoms with van der Waals surface area (Å²) in [5, 5.41) is 3.10. The van der Waals surface area contributed by atoms with Crippen molar-refractivity contribution in [1.82, 2.24) is 0 Å². The molecular formula is C20H20ClNO6. The molecule has 0 radical (unpaired) electrons. The van der Waals surface area contributed by atoms with E-state index in [0.29, 0.717) is 22.0 Å². The van der Waals surface area contributed by atoms with Crippen LogP contribution in [0.15, 0.2) is 36.4 Å². The lowest BCUT2D eigenvalue weighted by Gasteiger charge is -2.12. The molecule has 0 atom stereocenters. The van der Waals surface area contributed by atoms with Gasteiger partial charge in [0.2, 0.25) is 0 Å². The van der Waals surface area contributed by atoms with Crippen LogP contribution in [0.5, 0.6) is 11.5 Å². The molecule has 0 aromatic heterocycles. The Morgan fingerprint density at radius 2 is 1.79 bits per heavy atom. The summed E-state index contributed by atoms with van der Waals surface area (Å²) in [7, 11) is 1.42. The number of Topliss-reactive ketones (excluding diaryl/α,β-unsaturated/α-hetero) is 1. The van der Waals surface area contributed by atoms with Crippen molar-refractivity contribution in [1.29, 1.82) is 0 Å². The Kier molecular flexibility index (Phi) is 7.40. The Hall–Kier alpha value is -3.06. The highest BCUT2D eigenvalue weighted by Crippen LogP contribution is 2.28. The molecule has 0 fully saturated rings. The molecule has 2 rings (SSSR count). The summed E-state index contributed by atoms with van der Waals surface area (Å²) in [4.78, 5) is 35.2. The highest BCUT2D eigenvalue weighted by molar-refractivity contribution is 6.31. The fourth-order valence-electron chi connectivity index (χ4n) is 2.25. The zero-order valence-corrected chi connectivity index (χ0v) is 16.5. The monoisotopic (exact) mass is 405 g/mol. The van der Waals surface area contributed by atoms with Crippen LogP contribution in [-0.2, 0) is 14.3 Å². The molecule has 7 nitrogen and oxygen atoms in total. The first kappa shape index (κ1) is 21.2. The van der Waals surface area contributed by atoms with Gasteiger partial charge in [-0.15, -0.1) is 0 Å². The molecule has 148 valence electrons. The summed E-state index contributed by atoms with van der Waals surface area (Å²) < 4.78 is 15.4. The number of ketones is 1. The van der Waals surface area contributed by atoms with Crippen molar-refractivity contribution in [2.75, 3.05) is 25.6 Å². The van der Waals surface area contributed by atoms with E-state index in [0.717, 1.165) is 5.56 Å². The van der Waals surface area contributed by atoms with Crippen LogP contribution in [0, 0.1) is 6.92 Å². The number of aryl methyl sites for hydroxylation is 1. The smallest absolute Gasteiger partial charge is 0.344 e. The van der Waals surface area contributed by atoms with E-state index in [9.17, 15) is 14.4 Å². The number of benzene rings is 2. The van der Waals surface area contributed by atoms with Gasteiger partial charge in [-0.2, -0.15) is 0 Å². The average Bonchev–Trinajstić information content (AvgIpc) is 2.67. The number of carbonyl (C=O) groups excluding carboxylic acids is 3. The molecule has 0 unspecified atom stereocenters. The second kappa shape index (κ2) is 9.75. The molecule has 0 spiro atoms. The molecule has 0 saturated heterocycles. The Labute approximate surface area is 167 Å². The van der Waals surface area contributed by atoms with E-state index in [1.807, 2.05) is 6.92 Å². The van der Waals surface area contributed by atoms with Crippen LogP contribution >= 0.6 is 11.6 Å². The average molecular weight is 406 g/mol. The molecule has 0 heterocycles. The van der Waals surface area contributed by atoms with Gasteiger partial charge in [0.1, 0.15) is 0 Å². The van der Waals surface area contributed by atoms with Crippen molar-refractivity contribution in [3.05, 3.63) is 52.5 Å². The summed E-state index contributed by atoms with van der Waals surface area (Å²) in [6, 6.07) is 9.69. The second-order valence-electron chi connectivity index (χ2n) is 5.88. The van der Waals surface area contributed by atoms with Crippen LogP contribution in [0.25, 0.3) is 0 Å². The first-order valence-electron chi connectivity index (χ1n) is 8.33. The molecule has 8 heteroatoms. The molecular weight excluding hydrogens is 386 g/mol. The van der Waals surface area contributed by atoms with Gasteiger partial charge in [-0.1, -0.05) is 17.7 Å². The zero-order valence-electron chi connectivity index (χ0n) is 15.7. The number of methoxy groups -OCH3 is 1. The number of carbonyl (C=O) groups is 3. The number of halogens is 1. The Balaban J connectivity index is 1.85. The van der Waals surface area contributed by atoms with Crippen molar-refractivity contribution in [3.8, 4) is 11.5 Å². The minimum absolute atomic E-state index is 0.120. The van der Waals surface area contributed by atoms with Gasteiger partial charge in [0, 0.05) is 16.3 Å². The third-order valence-electron chi connectivity index (χ3n) is 3.75. The number of anilines is 1. The predicted octanol–water partition coefficient (Wildman–Crippen LogP) is 3.42. The van der Waals surface area contributed by atoms with Crippen molar-refractivity contribution < 1.29 is 28.6 Å². The Morgan fingerprint density at radius 1 is 1.04 bits per heavy atom. The van der Waals surface area contributed by atoms with Crippen molar-refractivity contribution in [3.63, 3.8) is 0 Å². The van der Waals surface area contributed by atoms with Gasteiger partial charge in [-0.25, -0.2) is 4.79 Å². The summed E-state index contributed by atoms with van der Waals surface area (Å²) in [5.41, 5.74) is 1.83. The van der Waals surface area contributed by atoms with E-state index in [1.54, 1.807) is 24.3 Å². The second-order valence-corrected chi connectivity index (χ2v) is 6.32. The lowest BCUT2D eigenvalue weighted by Crippen LogP contribution is -2.24. The molecule has 0 bridgehead atoms. The van der Waals surface area contributed by atoms with E-state index in [-0.39, 0.29) is 11.5 Å². The standard InChI is InChI=1S/C20H20ClNO6/c1-12-4-6-15(21)9-16(12)22-19(24)10-28-20(25)11-27-17-7-5-14(13(2)23)8-18(17)26-3/h4-9H,10-11H2,1-3H3,(H,22,24). The third-order valence-corrected chi connectivity index (χ3v) is 3.99. The maximum Gasteiger partial charge on any atom is 0.344 e. The van der Waals surface area contributed by atoms with Crippen LogP contribution in [-0.4, -0.2) is 38.0 Å². The fourth-order valence-corrected chi connectivity index (χ4v) is 2.42. The SMILES string of the molecule is COc1cc(C(C)=O)ccc1OCC(=O)OCC(=O)Nc1cc(Cl)ccc1C. The largest absolute Gasteiger partial charge is 0.493 e. The van der Waals surface area contributed by atoms with Gasteiger partial charge < -0.3 is 19.5 Å². The first-order chi connectivity index (χ1) is 13.3. The quantitative estimate of drug-likeness (QED) is 0.534. The topological polar surface area (TPSA) is 90.9 Å². The zero-order chi connectivity index (χ0) is 20.7. The van der Waals surface area contributed by atoms with Gasteiger partial charge in [-0.3, -0.25) is 9.59 Å². The molecule has 0 saturated carbocycles. The van der Waals surface area contributed by atoms with Gasteiger partial charge in [0.15, 0.2) is 30.5 Å². The van der Waals surface area contributed by atoms with Gasteiger partial charge in [-0.05, 0) is 49.7 Å². The highest BCUT2D eigenvalue weighted by Gasteiger charge is 2.13. The molecule has 0 aliphatic carbocycles. The van der Waals surface area contributed by atoms with Crippen LogP contribution < -0.4 is 14.8 Å². The van der Waals surface area contributed by atoms with E-state index < -0.39 is 25.1 Å². The van der Waals surface area contributed by atoms with Gasteiger partial charge in [0.25, 0.3) is 5.91 Å². The number of amides is 1. The number of esters is 1. The first-order valence-corrected chi connectivity index (χ1v) is 8.71.